The fourth-order valence-electron chi connectivity index (χ4n) is 1.12. The number of nitrogens with two attached hydrogens (primary N) is 1. The van der Waals surface area contributed by atoms with Crippen LogP contribution in [0.3, 0.4) is 0 Å². The molecule has 0 aliphatic carbocycles. The molecule has 1 heterocycles. The fourth-order valence-corrected chi connectivity index (χ4v) is 3.06. The average Bonchev–Trinajstić information content (AvgIpc) is 2.41. The topological polar surface area (TPSA) is 43.1 Å². The molecule has 1 rings (SSSR count). The maximum absolute atomic E-state index is 11.0. The van der Waals surface area contributed by atoms with Crippen molar-refractivity contribution >= 4 is 35.1 Å². The van der Waals surface area contributed by atoms with E-state index in [0.29, 0.717) is 4.88 Å². The largest absolute Gasteiger partial charge is 0.365 e. The molecular weight excluding hydrogens is 202 g/mol. The van der Waals surface area contributed by atoms with Gasteiger partial charge in [-0.05, 0) is 18.7 Å². The number of hydrogen-bond acceptors (Lipinski definition) is 3. The third kappa shape index (κ3) is 1.78. The van der Waals surface area contributed by atoms with Gasteiger partial charge in [-0.3, -0.25) is 4.79 Å². The molecular formula is C9H11NOS2. The van der Waals surface area contributed by atoms with Crippen molar-refractivity contribution in [2.45, 2.75) is 11.1 Å². The third-order valence-corrected chi connectivity index (χ3v) is 4.23. The first-order valence-corrected chi connectivity index (χ1v) is 5.75. The van der Waals surface area contributed by atoms with Crippen LogP contribution >= 0.6 is 23.1 Å². The number of thiophene rings is 1. The molecule has 2 N–H and O–H groups in total. The summed E-state index contributed by atoms with van der Waals surface area (Å²) in [7, 11) is 0. The summed E-state index contributed by atoms with van der Waals surface area (Å²) in [5, 5.41) is 0. The zero-order chi connectivity index (χ0) is 10.0. The van der Waals surface area contributed by atoms with E-state index in [4.69, 9.17) is 5.73 Å². The van der Waals surface area contributed by atoms with Crippen molar-refractivity contribution in [2.24, 2.45) is 5.73 Å². The molecule has 13 heavy (non-hydrogen) atoms. The SMILES string of the molecule is C=Cc1c(SC)sc(C(N)=O)c1C. The highest BCUT2D eigenvalue weighted by Crippen LogP contribution is 2.35. The molecule has 0 radical (unpaired) electrons. The molecule has 1 aromatic heterocycles. The second-order valence-corrected chi connectivity index (χ2v) is 4.63. The van der Waals surface area contributed by atoms with Gasteiger partial charge in [0.1, 0.15) is 0 Å². The molecule has 2 nitrogen and oxygen atoms in total. The van der Waals surface area contributed by atoms with E-state index in [0.717, 1.165) is 15.3 Å². The number of hydrogen-bond donors (Lipinski definition) is 1. The van der Waals surface area contributed by atoms with Crippen LogP contribution in [-0.2, 0) is 0 Å². The van der Waals surface area contributed by atoms with Gasteiger partial charge < -0.3 is 5.73 Å². The lowest BCUT2D eigenvalue weighted by molar-refractivity contribution is 0.100. The van der Waals surface area contributed by atoms with Crippen LogP contribution in [0.2, 0.25) is 0 Å². The molecule has 1 aromatic rings. The molecule has 0 fully saturated rings. The summed E-state index contributed by atoms with van der Waals surface area (Å²) in [6.07, 6.45) is 3.74. The van der Waals surface area contributed by atoms with Crippen molar-refractivity contribution in [3.05, 3.63) is 22.6 Å². The van der Waals surface area contributed by atoms with Crippen LogP contribution in [-0.4, -0.2) is 12.2 Å². The summed E-state index contributed by atoms with van der Waals surface area (Å²) < 4.78 is 1.10. The van der Waals surface area contributed by atoms with E-state index in [-0.39, 0.29) is 5.91 Å². The van der Waals surface area contributed by atoms with Gasteiger partial charge in [-0.25, -0.2) is 0 Å². The quantitative estimate of drug-likeness (QED) is 0.784. The van der Waals surface area contributed by atoms with Gasteiger partial charge in [-0.2, -0.15) is 0 Å². The van der Waals surface area contributed by atoms with Crippen molar-refractivity contribution in [1.82, 2.24) is 0 Å². The highest BCUT2D eigenvalue weighted by molar-refractivity contribution is 8.00. The Balaban J connectivity index is 3.34. The zero-order valence-electron chi connectivity index (χ0n) is 7.59. The zero-order valence-corrected chi connectivity index (χ0v) is 9.22. The van der Waals surface area contributed by atoms with E-state index in [1.54, 1.807) is 17.8 Å². The first kappa shape index (κ1) is 10.3. The molecule has 0 atom stereocenters. The van der Waals surface area contributed by atoms with Crippen LogP contribution in [0.4, 0.5) is 0 Å². The van der Waals surface area contributed by atoms with Crippen LogP contribution in [0.5, 0.6) is 0 Å². The van der Waals surface area contributed by atoms with Crippen molar-refractivity contribution in [3.8, 4) is 0 Å². The van der Waals surface area contributed by atoms with Crippen molar-refractivity contribution in [3.63, 3.8) is 0 Å². The van der Waals surface area contributed by atoms with E-state index >= 15 is 0 Å². The summed E-state index contributed by atoms with van der Waals surface area (Å²) in [6, 6.07) is 0. The van der Waals surface area contributed by atoms with Crippen LogP contribution in [0.1, 0.15) is 20.8 Å². The Hall–Kier alpha value is -0.740. The van der Waals surface area contributed by atoms with Crippen LogP contribution in [0.25, 0.3) is 6.08 Å². The summed E-state index contributed by atoms with van der Waals surface area (Å²) in [5.41, 5.74) is 7.21. The van der Waals surface area contributed by atoms with Gasteiger partial charge in [-0.15, -0.1) is 23.1 Å². The van der Waals surface area contributed by atoms with E-state index in [9.17, 15) is 4.79 Å². The number of carbonyl (C=O) groups excluding carboxylic acids is 1. The minimum Gasteiger partial charge on any atom is -0.365 e. The third-order valence-electron chi connectivity index (χ3n) is 1.77. The number of amides is 1. The highest BCUT2D eigenvalue weighted by atomic mass is 32.2. The van der Waals surface area contributed by atoms with Crippen LogP contribution in [0, 0.1) is 6.92 Å². The first-order valence-electron chi connectivity index (χ1n) is 3.71. The van der Waals surface area contributed by atoms with E-state index in [2.05, 4.69) is 6.58 Å². The maximum atomic E-state index is 11.0. The maximum Gasteiger partial charge on any atom is 0.259 e. The molecule has 70 valence electrons. The van der Waals surface area contributed by atoms with Crippen molar-refractivity contribution in [1.29, 1.82) is 0 Å². The van der Waals surface area contributed by atoms with Gasteiger partial charge in [0.15, 0.2) is 0 Å². The molecule has 4 heteroatoms. The molecule has 1 amide bonds. The van der Waals surface area contributed by atoms with Gasteiger partial charge in [0.05, 0.1) is 9.09 Å². The Morgan fingerprint density at radius 3 is 2.62 bits per heavy atom. The molecule has 0 spiro atoms. The summed E-state index contributed by atoms with van der Waals surface area (Å²) in [5.74, 6) is -0.356. The smallest absolute Gasteiger partial charge is 0.259 e. The second-order valence-electron chi connectivity index (χ2n) is 2.53. The average molecular weight is 213 g/mol. The number of thioether (sulfide) groups is 1. The molecule has 0 aromatic carbocycles. The molecule has 0 saturated heterocycles. The van der Waals surface area contributed by atoms with Crippen LogP contribution in [0.15, 0.2) is 10.8 Å². The minimum absolute atomic E-state index is 0.356. The van der Waals surface area contributed by atoms with Gasteiger partial charge >= 0.3 is 0 Å². The minimum atomic E-state index is -0.356. The molecule has 0 saturated carbocycles. The molecule has 0 aliphatic heterocycles. The Morgan fingerprint density at radius 1 is 1.69 bits per heavy atom. The van der Waals surface area contributed by atoms with Crippen LogP contribution < -0.4 is 5.73 Å². The standard InChI is InChI=1S/C9H11NOS2/c1-4-6-5(2)7(8(10)11)13-9(6)12-3/h4H,1H2,2-3H3,(H2,10,11). The predicted octanol–water partition coefficient (Wildman–Crippen LogP) is 2.52. The van der Waals surface area contributed by atoms with Gasteiger partial charge in [0.2, 0.25) is 0 Å². The lowest BCUT2D eigenvalue weighted by Crippen LogP contribution is -2.10. The summed E-state index contributed by atoms with van der Waals surface area (Å²) in [6.45, 7) is 5.61. The lowest BCUT2D eigenvalue weighted by Gasteiger charge is -1.94. The van der Waals surface area contributed by atoms with Gasteiger partial charge in [0.25, 0.3) is 5.91 Å². The number of primary amides is 1. The molecule has 0 unspecified atom stereocenters. The van der Waals surface area contributed by atoms with E-state index < -0.39 is 0 Å². The number of carbonyl (C=O) groups is 1. The molecule has 0 aliphatic rings. The normalized spacial score (nSPS) is 10.0. The van der Waals surface area contributed by atoms with Crippen molar-refractivity contribution < 1.29 is 4.79 Å². The summed E-state index contributed by atoms with van der Waals surface area (Å²) >= 11 is 3.05. The van der Waals surface area contributed by atoms with Crippen molar-refractivity contribution in [2.75, 3.05) is 6.26 Å². The van der Waals surface area contributed by atoms with E-state index in [1.807, 2.05) is 13.2 Å². The highest BCUT2D eigenvalue weighted by Gasteiger charge is 2.15. The van der Waals surface area contributed by atoms with E-state index in [1.165, 1.54) is 11.3 Å². The Labute approximate surface area is 85.8 Å². The van der Waals surface area contributed by atoms with Gasteiger partial charge in [0, 0.05) is 5.56 Å². The van der Waals surface area contributed by atoms with Gasteiger partial charge in [-0.1, -0.05) is 12.7 Å². The first-order chi connectivity index (χ1) is 6.11. The monoisotopic (exact) mass is 213 g/mol. The Morgan fingerprint density at radius 2 is 2.31 bits per heavy atom. The number of rotatable bonds is 3. The lowest BCUT2D eigenvalue weighted by atomic mass is 10.2. The Bertz CT molecular complexity index is 355. The fraction of sp³-hybridized carbons (Fsp3) is 0.222. The molecule has 0 bridgehead atoms. The Kier molecular flexibility index (Phi) is 3.17. The predicted molar refractivity (Wildman–Crippen MR) is 59.4 cm³/mol. The summed E-state index contributed by atoms with van der Waals surface area (Å²) in [4.78, 5) is 11.6. The second kappa shape index (κ2) is 3.98.